The first-order valence-corrected chi connectivity index (χ1v) is 8.04. The Hall–Kier alpha value is -0.920. The molecule has 0 spiro atoms. The van der Waals surface area contributed by atoms with E-state index in [1.807, 2.05) is 0 Å². The van der Waals surface area contributed by atoms with Gasteiger partial charge in [0.25, 0.3) is 10.0 Å². The number of H-pyrrole nitrogens is 1. The van der Waals surface area contributed by atoms with Crippen LogP contribution in [-0.2, 0) is 16.6 Å². The fourth-order valence-corrected chi connectivity index (χ4v) is 4.11. The Morgan fingerprint density at radius 3 is 2.63 bits per heavy atom. The number of nitrogens with zero attached hydrogens (tertiary/aromatic N) is 2. The molecule has 0 amide bonds. The maximum Gasteiger partial charge on any atom is 0.260 e. The zero-order valence-corrected chi connectivity index (χ0v) is 12.2. The second kappa shape index (κ2) is 5.60. The van der Waals surface area contributed by atoms with E-state index in [4.69, 9.17) is 5.11 Å². The Labute approximate surface area is 113 Å². The average Bonchev–Trinajstić information content (AvgIpc) is 2.87. The number of rotatable bonds is 4. The summed E-state index contributed by atoms with van der Waals surface area (Å²) >= 11 is 0. The van der Waals surface area contributed by atoms with Crippen LogP contribution in [0.4, 0.5) is 0 Å². The minimum atomic E-state index is -3.56. The smallest absolute Gasteiger partial charge is 0.260 e. The third kappa shape index (κ3) is 2.82. The molecule has 0 aromatic carbocycles. The quantitative estimate of drug-likeness (QED) is 0.863. The van der Waals surface area contributed by atoms with Gasteiger partial charge in [0.1, 0.15) is 0 Å². The van der Waals surface area contributed by atoms with E-state index in [1.165, 1.54) is 10.5 Å². The molecular formula is C12H21N3O3S. The lowest BCUT2D eigenvalue weighted by molar-refractivity contribution is 0.225. The van der Waals surface area contributed by atoms with Crippen molar-refractivity contribution in [1.82, 2.24) is 14.5 Å². The van der Waals surface area contributed by atoms with Gasteiger partial charge in [0.05, 0.1) is 12.8 Å². The van der Waals surface area contributed by atoms with Gasteiger partial charge in [0, 0.05) is 18.7 Å². The molecule has 2 rings (SSSR count). The predicted octanol–water partition coefficient (Wildman–Crippen LogP) is 0.959. The zero-order valence-electron chi connectivity index (χ0n) is 11.3. The Morgan fingerprint density at radius 2 is 2.11 bits per heavy atom. The van der Waals surface area contributed by atoms with Crippen molar-refractivity contribution in [3.63, 3.8) is 0 Å². The van der Waals surface area contributed by atoms with Gasteiger partial charge in [-0.1, -0.05) is 13.8 Å². The molecule has 19 heavy (non-hydrogen) atoms. The van der Waals surface area contributed by atoms with Crippen LogP contribution in [0.25, 0.3) is 0 Å². The van der Waals surface area contributed by atoms with Crippen molar-refractivity contribution in [2.45, 2.75) is 38.3 Å². The number of aliphatic hydroxyl groups excluding tert-OH is 1. The van der Waals surface area contributed by atoms with Gasteiger partial charge < -0.3 is 5.11 Å². The van der Waals surface area contributed by atoms with Gasteiger partial charge in [-0.25, -0.2) is 8.42 Å². The lowest BCUT2D eigenvalue weighted by Crippen LogP contribution is -2.39. The van der Waals surface area contributed by atoms with Crippen molar-refractivity contribution in [1.29, 1.82) is 0 Å². The van der Waals surface area contributed by atoms with Crippen LogP contribution in [0.15, 0.2) is 11.2 Å². The number of hydrogen-bond donors (Lipinski definition) is 2. The minimum Gasteiger partial charge on any atom is -0.392 e. The van der Waals surface area contributed by atoms with Crippen molar-refractivity contribution in [3.05, 3.63) is 11.8 Å². The van der Waals surface area contributed by atoms with Gasteiger partial charge in [-0.3, -0.25) is 5.10 Å². The van der Waals surface area contributed by atoms with Crippen molar-refractivity contribution in [2.75, 3.05) is 13.1 Å². The molecule has 1 aromatic rings. The molecule has 6 nitrogen and oxygen atoms in total. The van der Waals surface area contributed by atoms with Crippen LogP contribution in [0.5, 0.6) is 0 Å². The summed E-state index contributed by atoms with van der Waals surface area (Å²) in [6.07, 6.45) is 3.13. The van der Waals surface area contributed by atoms with Gasteiger partial charge in [0.15, 0.2) is 5.03 Å². The standard InChI is InChI=1S/C12H21N3O3S/c1-9(2)10-3-5-15(6-4-10)19(17,18)12-11(8-16)7-13-14-12/h7,9-10,16H,3-6,8H2,1-2H3,(H,13,14). The number of piperidine rings is 1. The largest absolute Gasteiger partial charge is 0.392 e. The highest BCUT2D eigenvalue weighted by molar-refractivity contribution is 7.89. The number of sulfonamides is 1. The molecule has 1 aliphatic heterocycles. The first-order chi connectivity index (χ1) is 8.96. The van der Waals surface area contributed by atoms with E-state index in [-0.39, 0.29) is 11.6 Å². The van der Waals surface area contributed by atoms with E-state index in [0.717, 1.165) is 12.8 Å². The molecule has 0 aliphatic carbocycles. The van der Waals surface area contributed by atoms with Crippen molar-refractivity contribution in [3.8, 4) is 0 Å². The molecule has 1 aliphatic rings. The van der Waals surface area contributed by atoms with E-state index in [1.54, 1.807) is 0 Å². The van der Waals surface area contributed by atoms with E-state index in [9.17, 15) is 8.42 Å². The topological polar surface area (TPSA) is 86.3 Å². The van der Waals surface area contributed by atoms with Gasteiger partial charge in [0.2, 0.25) is 0 Å². The number of aromatic nitrogens is 2. The maximum atomic E-state index is 12.4. The molecule has 108 valence electrons. The highest BCUT2D eigenvalue weighted by Crippen LogP contribution is 2.28. The van der Waals surface area contributed by atoms with Crippen LogP contribution in [0.2, 0.25) is 0 Å². The lowest BCUT2D eigenvalue weighted by Gasteiger charge is -2.32. The predicted molar refractivity (Wildman–Crippen MR) is 70.8 cm³/mol. The zero-order chi connectivity index (χ0) is 14.0. The highest BCUT2D eigenvalue weighted by atomic mass is 32.2. The second-order valence-corrected chi connectivity index (χ2v) is 7.24. The monoisotopic (exact) mass is 287 g/mol. The van der Waals surface area contributed by atoms with Crippen LogP contribution in [-0.4, -0.2) is 41.1 Å². The van der Waals surface area contributed by atoms with Crippen LogP contribution < -0.4 is 0 Å². The summed E-state index contributed by atoms with van der Waals surface area (Å²) < 4.78 is 26.4. The second-order valence-electron chi connectivity index (χ2n) is 5.37. The van der Waals surface area contributed by atoms with Crippen LogP contribution in [0.3, 0.4) is 0 Å². The summed E-state index contributed by atoms with van der Waals surface area (Å²) in [4.78, 5) is 0. The Balaban J connectivity index is 2.14. The number of hydrogen-bond acceptors (Lipinski definition) is 4. The number of aliphatic hydroxyl groups is 1. The number of nitrogens with one attached hydrogen (secondary N) is 1. The molecule has 1 aromatic heterocycles. The van der Waals surface area contributed by atoms with Crippen LogP contribution >= 0.6 is 0 Å². The van der Waals surface area contributed by atoms with Crippen LogP contribution in [0.1, 0.15) is 32.3 Å². The Bertz CT molecular complexity index is 516. The molecule has 1 saturated heterocycles. The molecule has 0 saturated carbocycles. The normalized spacial score (nSPS) is 19.2. The summed E-state index contributed by atoms with van der Waals surface area (Å²) in [6, 6.07) is 0. The fraction of sp³-hybridized carbons (Fsp3) is 0.750. The molecule has 0 unspecified atom stereocenters. The molecular weight excluding hydrogens is 266 g/mol. The molecule has 0 atom stereocenters. The minimum absolute atomic E-state index is 0.0259. The van der Waals surface area contributed by atoms with Gasteiger partial charge in [-0.15, -0.1) is 0 Å². The summed E-state index contributed by atoms with van der Waals surface area (Å²) in [5, 5.41) is 15.4. The van der Waals surface area contributed by atoms with Gasteiger partial charge in [-0.05, 0) is 24.7 Å². The summed E-state index contributed by atoms with van der Waals surface area (Å²) in [5.41, 5.74) is 0.325. The van der Waals surface area contributed by atoms with Crippen LogP contribution in [0, 0.1) is 11.8 Å². The van der Waals surface area contributed by atoms with E-state index in [2.05, 4.69) is 24.0 Å². The van der Waals surface area contributed by atoms with Gasteiger partial charge in [-0.2, -0.15) is 9.40 Å². The van der Waals surface area contributed by atoms with E-state index < -0.39 is 10.0 Å². The fourth-order valence-electron chi connectivity index (χ4n) is 2.55. The first kappa shape index (κ1) is 14.5. The van der Waals surface area contributed by atoms with Crippen molar-refractivity contribution < 1.29 is 13.5 Å². The van der Waals surface area contributed by atoms with Gasteiger partial charge >= 0.3 is 0 Å². The van der Waals surface area contributed by atoms with E-state index in [0.29, 0.717) is 30.5 Å². The van der Waals surface area contributed by atoms with Crippen molar-refractivity contribution >= 4 is 10.0 Å². The van der Waals surface area contributed by atoms with Crippen molar-refractivity contribution in [2.24, 2.45) is 11.8 Å². The molecule has 2 N–H and O–H groups in total. The third-order valence-corrected chi connectivity index (χ3v) is 5.80. The molecule has 7 heteroatoms. The number of aromatic amines is 1. The molecule has 1 fully saturated rings. The summed E-state index contributed by atoms with van der Waals surface area (Å²) in [7, 11) is -3.56. The lowest BCUT2D eigenvalue weighted by atomic mass is 9.87. The Morgan fingerprint density at radius 1 is 1.47 bits per heavy atom. The molecule has 2 heterocycles. The summed E-state index contributed by atoms with van der Waals surface area (Å²) in [6.45, 7) is 5.10. The third-order valence-electron chi connectivity index (χ3n) is 3.89. The molecule has 0 radical (unpaired) electrons. The average molecular weight is 287 g/mol. The molecule has 0 bridgehead atoms. The SMILES string of the molecule is CC(C)C1CCN(S(=O)(=O)c2[nH]ncc2CO)CC1. The maximum absolute atomic E-state index is 12.4. The highest BCUT2D eigenvalue weighted by Gasteiger charge is 2.32. The van der Waals surface area contributed by atoms with E-state index >= 15 is 0 Å². The summed E-state index contributed by atoms with van der Waals surface area (Å²) in [5.74, 6) is 1.18. The Kier molecular flexibility index (Phi) is 4.27. The first-order valence-electron chi connectivity index (χ1n) is 6.60.